The van der Waals surface area contributed by atoms with Gasteiger partial charge in [0.15, 0.2) is 5.96 Å². The summed E-state index contributed by atoms with van der Waals surface area (Å²) < 4.78 is 27.1. The smallest absolute Gasteiger partial charge is 0.243 e. The van der Waals surface area contributed by atoms with Gasteiger partial charge in [0, 0.05) is 39.3 Å². The molecule has 0 unspecified atom stereocenters. The van der Waals surface area contributed by atoms with Gasteiger partial charge in [-0.05, 0) is 49.7 Å². The minimum absolute atomic E-state index is 0. The number of halogens is 1. The molecule has 0 atom stereocenters. The quantitative estimate of drug-likeness (QED) is 0.358. The highest BCUT2D eigenvalue weighted by Gasteiger charge is 2.32. The first-order valence-electron chi connectivity index (χ1n) is 10.4. The van der Waals surface area contributed by atoms with Crippen LogP contribution in [0, 0.1) is 11.3 Å². The average molecular weight is 535 g/mol. The van der Waals surface area contributed by atoms with Gasteiger partial charge in [0.1, 0.15) is 0 Å². The highest BCUT2D eigenvalue weighted by atomic mass is 127. The molecule has 0 aliphatic carbocycles. The lowest BCUT2D eigenvalue weighted by Gasteiger charge is -2.31. The summed E-state index contributed by atoms with van der Waals surface area (Å²) in [6.07, 6.45) is 2.91. The number of likely N-dealkylation sites (tertiary alicyclic amines) is 1. The van der Waals surface area contributed by atoms with Gasteiger partial charge in [-0.1, -0.05) is 32.0 Å². The van der Waals surface area contributed by atoms with Crippen LogP contribution < -0.4 is 5.32 Å². The molecule has 164 valence electrons. The molecule has 1 N–H and O–H groups in total. The summed E-state index contributed by atoms with van der Waals surface area (Å²) in [6.45, 7) is 11.6. The maximum Gasteiger partial charge on any atom is 0.243 e. The fraction of sp³-hybridized carbons (Fsp3) is 0.667. The Morgan fingerprint density at radius 1 is 1.17 bits per heavy atom. The predicted octanol–water partition coefficient (Wildman–Crippen LogP) is 3.40. The number of nitrogens with zero attached hydrogens (tertiary/aromatic N) is 3. The van der Waals surface area contributed by atoms with Gasteiger partial charge in [-0.15, -0.1) is 24.0 Å². The van der Waals surface area contributed by atoms with Gasteiger partial charge in [0.25, 0.3) is 0 Å². The number of rotatable bonds is 5. The summed E-state index contributed by atoms with van der Waals surface area (Å²) in [6, 6.07) is 8.73. The Hall–Kier alpha value is -0.870. The van der Waals surface area contributed by atoms with Crippen LogP contribution in [0.4, 0.5) is 0 Å². The zero-order valence-electron chi connectivity index (χ0n) is 17.8. The van der Waals surface area contributed by atoms with Crippen molar-refractivity contribution in [3.63, 3.8) is 0 Å². The zero-order chi connectivity index (χ0) is 20.2. The molecule has 8 heteroatoms. The Bertz CT molecular complexity index is 775. The van der Waals surface area contributed by atoms with Crippen molar-refractivity contribution in [3.05, 3.63) is 30.3 Å². The van der Waals surface area contributed by atoms with Gasteiger partial charge in [-0.2, -0.15) is 4.31 Å². The van der Waals surface area contributed by atoms with Crippen molar-refractivity contribution < 1.29 is 8.42 Å². The minimum Gasteiger partial charge on any atom is -0.357 e. The van der Waals surface area contributed by atoms with Gasteiger partial charge in [-0.3, -0.25) is 4.99 Å². The van der Waals surface area contributed by atoms with Crippen molar-refractivity contribution in [2.75, 3.05) is 39.3 Å². The van der Waals surface area contributed by atoms with Gasteiger partial charge in [0.2, 0.25) is 10.0 Å². The van der Waals surface area contributed by atoms with Crippen molar-refractivity contribution in [1.29, 1.82) is 0 Å². The third-order valence-electron chi connectivity index (χ3n) is 5.77. The van der Waals surface area contributed by atoms with Crippen molar-refractivity contribution in [1.82, 2.24) is 14.5 Å². The number of piperidine rings is 1. The molecule has 0 bridgehead atoms. The molecule has 2 heterocycles. The summed E-state index contributed by atoms with van der Waals surface area (Å²) in [4.78, 5) is 7.64. The molecule has 0 radical (unpaired) electrons. The first kappa shape index (κ1) is 24.4. The molecule has 29 heavy (non-hydrogen) atoms. The average Bonchev–Trinajstić information content (AvgIpc) is 3.06. The Morgan fingerprint density at radius 3 is 2.38 bits per heavy atom. The summed E-state index contributed by atoms with van der Waals surface area (Å²) in [5.74, 6) is 1.44. The minimum atomic E-state index is -3.37. The number of nitrogens with one attached hydrogen (secondary N) is 1. The van der Waals surface area contributed by atoms with E-state index in [4.69, 9.17) is 4.99 Å². The van der Waals surface area contributed by atoms with E-state index in [1.54, 1.807) is 28.6 Å². The second-order valence-corrected chi connectivity index (χ2v) is 10.6. The van der Waals surface area contributed by atoms with E-state index in [0.717, 1.165) is 45.0 Å². The lowest BCUT2D eigenvalue weighted by molar-refractivity contribution is 0.278. The Kier molecular flexibility index (Phi) is 8.78. The normalized spacial score (nSPS) is 21.1. The summed E-state index contributed by atoms with van der Waals surface area (Å²) in [5, 5.41) is 3.43. The van der Waals surface area contributed by atoms with Gasteiger partial charge in [-0.25, -0.2) is 8.42 Å². The van der Waals surface area contributed by atoms with Crippen LogP contribution in [0.1, 0.15) is 40.0 Å². The molecule has 1 aromatic carbocycles. The number of hydrogen-bond acceptors (Lipinski definition) is 3. The van der Waals surface area contributed by atoms with Crippen molar-refractivity contribution in [2.45, 2.75) is 44.9 Å². The van der Waals surface area contributed by atoms with E-state index in [1.165, 1.54) is 6.42 Å². The summed E-state index contributed by atoms with van der Waals surface area (Å²) >= 11 is 0. The molecular weight excluding hydrogens is 499 g/mol. The van der Waals surface area contributed by atoms with Crippen molar-refractivity contribution in [3.8, 4) is 0 Å². The van der Waals surface area contributed by atoms with Gasteiger partial charge in [0.05, 0.1) is 4.90 Å². The van der Waals surface area contributed by atoms with Crippen LogP contribution in [0.2, 0.25) is 0 Å². The molecule has 2 aliphatic heterocycles. The van der Waals surface area contributed by atoms with E-state index in [0.29, 0.717) is 29.3 Å². The van der Waals surface area contributed by atoms with Crippen molar-refractivity contribution >= 4 is 40.0 Å². The Labute approximate surface area is 193 Å². The number of hydrogen-bond donors (Lipinski definition) is 1. The van der Waals surface area contributed by atoms with E-state index in [1.807, 2.05) is 6.07 Å². The number of guanidine groups is 1. The van der Waals surface area contributed by atoms with Crippen LogP contribution in [-0.4, -0.2) is 62.9 Å². The fourth-order valence-corrected chi connectivity index (χ4v) is 5.50. The van der Waals surface area contributed by atoms with E-state index < -0.39 is 10.0 Å². The topological polar surface area (TPSA) is 65.0 Å². The molecule has 2 fully saturated rings. The zero-order valence-corrected chi connectivity index (χ0v) is 20.9. The van der Waals surface area contributed by atoms with Crippen LogP contribution >= 0.6 is 24.0 Å². The molecule has 0 aromatic heterocycles. The lowest BCUT2D eigenvalue weighted by Crippen LogP contribution is -2.42. The van der Waals surface area contributed by atoms with Crippen LogP contribution in [0.5, 0.6) is 0 Å². The Morgan fingerprint density at radius 2 is 1.83 bits per heavy atom. The summed E-state index contributed by atoms with van der Waals surface area (Å²) in [7, 11) is -3.37. The molecule has 0 saturated carbocycles. The van der Waals surface area contributed by atoms with Crippen LogP contribution in [0.3, 0.4) is 0 Å². The molecule has 6 nitrogen and oxygen atoms in total. The maximum atomic E-state index is 12.8. The van der Waals surface area contributed by atoms with Crippen LogP contribution in [0.15, 0.2) is 40.2 Å². The highest BCUT2D eigenvalue weighted by molar-refractivity contribution is 14.0. The standard InChI is InChI=1S/C21H34N4O2S.HI/c1-4-22-20(24-15-12-21(2,3)17-24)23-16-18-10-13-25(14-11-18)28(26,27)19-8-6-5-7-9-19;/h5-9,18H,4,10-17H2,1-3H3,(H,22,23);1H. The molecule has 0 amide bonds. The first-order valence-corrected chi connectivity index (χ1v) is 11.8. The van der Waals surface area contributed by atoms with E-state index >= 15 is 0 Å². The second-order valence-electron chi connectivity index (χ2n) is 8.69. The van der Waals surface area contributed by atoms with E-state index in [2.05, 4.69) is 31.0 Å². The highest BCUT2D eigenvalue weighted by Crippen LogP contribution is 2.29. The molecule has 3 rings (SSSR count). The van der Waals surface area contributed by atoms with Gasteiger partial charge >= 0.3 is 0 Å². The molecular formula is C21H35IN4O2S. The largest absolute Gasteiger partial charge is 0.357 e. The molecule has 2 saturated heterocycles. The maximum absolute atomic E-state index is 12.8. The summed E-state index contributed by atoms with van der Waals surface area (Å²) in [5.41, 5.74) is 0.341. The fourth-order valence-electron chi connectivity index (χ4n) is 4.01. The van der Waals surface area contributed by atoms with E-state index in [-0.39, 0.29) is 24.0 Å². The monoisotopic (exact) mass is 534 g/mol. The first-order chi connectivity index (χ1) is 13.3. The van der Waals surface area contributed by atoms with Crippen LogP contribution in [0.25, 0.3) is 0 Å². The third-order valence-corrected chi connectivity index (χ3v) is 7.68. The number of sulfonamides is 1. The number of benzene rings is 1. The molecule has 1 aromatic rings. The molecule has 2 aliphatic rings. The van der Waals surface area contributed by atoms with Gasteiger partial charge < -0.3 is 10.2 Å². The molecule has 0 spiro atoms. The van der Waals surface area contributed by atoms with Crippen molar-refractivity contribution in [2.24, 2.45) is 16.3 Å². The Balaban J connectivity index is 0.00000300. The second kappa shape index (κ2) is 10.4. The van der Waals surface area contributed by atoms with E-state index in [9.17, 15) is 8.42 Å². The lowest BCUT2D eigenvalue weighted by atomic mass is 9.93. The number of aliphatic imine (C=N–C) groups is 1. The predicted molar refractivity (Wildman–Crippen MR) is 129 cm³/mol. The SMILES string of the molecule is CCNC(=NCC1CCN(S(=O)(=O)c2ccccc2)CC1)N1CCC(C)(C)C1.I. The third kappa shape index (κ3) is 6.30. The van der Waals surface area contributed by atoms with Crippen LogP contribution in [-0.2, 0) is 10.0 Å².